The van der Waals surface area contributed by atoms with Gasteiger partial charge in [-0.25, -0.2) is 8.42 Å². The molecule has 2 rings (SSSR count). The Morgan fingerprint density at radius 1 is 1.23 bits per heavy atom. The van der Waals surface area contributed by atoms with Crippen LogP contribution in [0.5, 0.6) is 5.75 Å². The Hall–Kier alpha value is -2.05. The molecule has 0 bridgehead atoms. The van der Waals surface area contributed by atoms with Gasteiger partial charge < -0.3 is 10.4 Å². The van der Waals surface area contributed by atoms with Gasteiger partial charge in [0.1, 0.15) is 5.75 Å². The van der Waals surface area contributed by atoms with E-state index in [0.717, 1.165) is 6.26 Å². The van der Waals surface area contributed by atoms with Gasteiger partial charge >= 0.3 is 0 Å². The standard InChI is InChI=1S/C15H14ClNO4S/c1-22(20,21)9-10-3-2-4-11(7-10)15(19)17-13-8-12(16)5-6-14(13)18/h2-8,18H,9H2,1H3,(H,17,19). The van der Waals surface area contributed by atoms with Crippen molar-refractivity contribution >= 4 is 33.0 Å². The minimum Gasteiger partial charge on any atom is -0.506 e. The summed E-state index contributed by atoms with van der Waals surface area (Å²) in [6.45, 7) is 0. The average Bonchev–Trinajstić information content (AvgIpc) is 2.41. The smallest absolute Gasteiger partial charge is 0.255 e. The fourth-order valence-corrected chi connectivity index (χ4v) is 2.87. The Kier molecular flexibility index (Phi) is 4.73. The van der Waals surface area contributed by atoms with Gasteiger partial charge in [0.15, 0.2) is 9.84 Å². The molecule has 5 nitrogen and oxygen atoms in total. The van der Waals surface area contributed by atoms with Crippen LogP contribution >= 0.6 is 11.6 Å². The molecule has 0 saturated heterocycles. The third-order valence-corrected chi connectivity index (χ3v) is 3.92. The minimum absolute atomic E-state index is 0.106. The molecule has 7 heteroatoms. The maximum Gasteiger partial charge on any atom is 0.255 e. The molecule has 2 aromatic rings. The van der Waals surface area contributed by atoms with Crippen LogP contribution < -0.4 is 5.32 Å². The largest absolute Gasteiger partial charge is 0.506 e. The lowest BCUT2D eigenvalue weighted by molar-refractivity contribution is 0.102. The number of carbonyl (C=O) groups is 1. The van der Waals surface area contributed by atoms with E-state index in [4.69, 9.17) is 11.6 Å². The van der Waals surface area contributed by atoms with Crippen molar-refractivity contribution in [1.29, 1.82) is 0 Å². The van der Waals surface area contributed by atoms with E-state index in [9.17, 15) is 18.3 Å². The van der Waals surface area contributed by atoms with Gasteiger partial charge in [0.05, 0.1) is 11.4 Å². The quantitative estimate of drug-likeness (QED) is 0.839. The molecule has 0 aromatic heterocycles. The monoisotopic (exact) mass is 339 g/mol. The van der Waals surface area contributed by atoms with Crippen LogP contribution in [0.2, 0.25) is 5.02 Å². The van der Waals surface area contributed by atoms with Gasteiger partial charge in [0, 0.05) is 16.8 Å². The second-order valence-corrected chi connectivity index (χ2v) is 7.46. The minimum atomic E-state index is -3.18. The molecule has 0 heterocycles. The maximum atomic E-state index is 12.2. The molecular weight excluding hydrogens is 326 g/mol. The molecule has 1 amide bonds. The SMILES string of the molecule is CS(=O)(=O)Cc1cccc(C(=O)Nc2cc(Cl)ccc2O)c1. The summed E-state index contributed by atoms with van der Waals surface area (Å²) >= 11 is 5.82. The van der Waals surface area contributed by atoms with Gasteiger partial charge in [-0.15, -0.1) is 0 Å². The Morgan fingerprint density at radius 3 is 2.64 bits per heavy atom. The predicted octanol–water partition coefficient (Wildman–Crippen LogP) is 2.84. The van der Waals surface area contributed by atoms with Crippen LogP contribution in [0.3, 0.4) is 0 Å². The van der Waals surface area contributed by atoms with E-state index < -0.39 is 15.7 Å². The van der Waals surface area contributed by atoms with Crippen LogP contribution in [-0.2, 0) is 15.6 Å². The summed E-state index contributed by atoms with van der Waals surface area (Å²) in [4.78, 5) is 12.2. The van der Waals surface area contributed by atoms with Gasteiger partial charge in [-0.1, -0.05) is 23.7 Å². The van der Waals surface area contributed by atoms with Crippen molar-refractivity contribution in [1.82, 2.24) is 0 Å². The van der Waals surface area contributed by atoms with Crippen molar-refractivity contribution in [2.45, 2.75) is 5.75 Å². The number of phenols is 1. The number of anilines is 1. The molecule has 0 spiro atoms. The lowest BCUT2D eigenvalue weighted by atomic mass is 10.1. The van der Waals surface area contributed by atoms with Gasteiger partial charge in [-0.05, 0) is 35.9 Å². The normalized spacial score (nSPS) is 11.2. The number of phenolic OH excluding ortho intramolecular Hbond substituents is 1. The van der Waals surface area contributed by atoms with Crippen molar-refractivity contribution in [3.63, 3.8) is 0 Å². The summed E-state index contributed by atoms with van der Waals surface area (Å²) in [6, 6.07) is 10.6. The van der Waals surface area contributed by atoms with Crippen molar-refractivity contribution in [2.24, 2.45) is 0 Å². The van der Waals surface area contributed by atoms with Crippen LogP contribution in [0.15, 0.2) is 42.5 Å². The molecule has 0 atom stereocenters. The number of benzene rings is 2. The Morgan fingerprint density at radius 2 is 1.95 bits per heavy atom. The summed E-state index contributed by atoms with van der Waals surface area (Å²) in [6.07, 6.45) is 1.13. The summed E-state index contributed by atoms with van der Waals surface area (Å²) in [7, 11) is -3.18. The van der Waals surface area contributed by atoms with Crippen molar-refractivity contribution in [2.75, 3.05) is 11.6 Å². The molecule has 0 fully saturated rings. The van der Waals surface area contributed by atoms with E-state index in [-0.39, 0.29) is 17.2 Å². The molecule has 0 aliphatic rings. The number of halogens is 1. The van der Waals surface area contributed by atoms with E-state index in [1.54, 1.807) is 18.2 Å². The number of amides is 1. The van der Waals surface area contributed by atoms with Crippen molar-refractivity contribution in [3.05, 3.63) is 58.6 Å². The highest BCUT2D eigenvalue weighted by molar-refractivity contribution is 7.89. The van der Waals surface area contributed by atoms with E-state index in [1.165, 1.54) is 24.3 Å². The number of hydrogen-bond acceptors (Lipinski definition) is 4. The van der Waals surface area contributed by atoms with Crippen LogP contribution in [0.1, 0.15) is 15.9 Å². The topological polar surface area (TPSA) is 83.5 Å². The molecule has 0 saturated carbocycles. The van der Waals surface area contributed by atoms with Crippen molar-refractivity contribution in [3.8, 4) is 5.75 Å². The molecule has 0 unspecified atom stereocenters. The highest BCUT2D eigenvalue weighted by atomic mass is 35.5. The number of nitrogens with one attached hydrogen (secondary N) is 1. The lowest BCUT2D eigenvalue weighted by Gasteiger charge is -2.09. The Bertz CT molecular complexity index is 818. The molecular formula is C15H14ClNO4S. The fourth-order valence-electron chi connectivity index (χ4n) is 1.91. The second kappa shape index (κ2) is 6.37. The molecule has 2 N–H and O–H groups in total. The lowest BCUT2D eigenvalue weighted by Crippen LogP contribution is -2.12. The number of hydrogen-bond donors (Lipinski definition) is 2. The van der Waals surface area contributed by atoms with E-state index in [2.05, 4.69) is 5.32 Å². The third kappa shape index (κ3) is 4.47. The van der Waals surface area contributed by atoms with Crippen LogP contribution in [0.25, 0.3) is 0 Å². The summed E-state index contributed by atoms with van der Waals surface area (Å²) < 4.78 is 22.6. The first-order valence-electron chi connectivity index (χ1n) is 6.31. The van der Waals surface area contributed by atoms with Gasteiger partial charge in [-0.2, -0.15) is 0 Å². The van der Waals surface area contributed by atoms with Gasteiger partial charge in [0.25, 0.3) is 5.91 Å². The van der Waals surface area contributed by atoms with E-state index >= 15 is 0 Å². The average molecular weight is 340 g/mol. The Labute approximate surface area is 133 Å². The van der Waals surface area contributed by atoms with Crippen LogP contribution in [0.4, 0.5) is 5.69 Å². The highest BCUT2D eigenvalue weighted by Crippen LogP contribution is 2.27. The Balaban J connectivity index is 2.23. The first-order chi connectivity index (χ1) is 10.2. The zero-order chi connectivity index (χ0) is 16.3. The predicted molar refractivity (Wildman–Crippen MR) is 86.1 cm³/mol. The van der Waals surface area contributed by atoms with Crippen LogP contribution in [-0.4, -0.2) is 25.7 Å². The molecule has 2 aromatic carbocycles. The zero-order valence-corrected chi connectivity index (χ0v) is 13.3. The zero-order valence-electron chi connectivity index (χ0n) is 11.7. The molecule has 22 heavy (non-hydrogen) atoms. The highest BCUT2D eigenvalue weighted by Gasteiger charge is 2.11. The number of carbonyl (C=O) groups excluding carboxylic acids is 1. The van der Waals surface area contributed by atoms with E-state index in [0.29, 0.717) is 16.1 Å². The van der Waals surface area contributed by atoms with E-state index in [1.807, 2.05) is 0 Å². The second-order valence-electron chi connectivity index (χ2n) is 4.89. The van der Waals surface area contributed by atoms with Gasteiger partial charge in [0.2, 0.25) is 0 Å². The number of rotatable bonds is 4. The summed E-state index contributed by atoms with van der Waals surface area (Å²) in [5.74, 6) is -0.714. The third-order valence-electron chi connectivity index (χ3n) is 2.82. The summed E-state index contributed by atoms with van der Waals surface area (Å²) in [5, 5.41) is 12.6. The fraction of sp³-hybridized carbons (Fsp3) is 0.133. The number of sulfone groups is 1. The maximum absolute atomic E-state index is 12.2. The number of aromatic hydroxyl groups is 1. The summed E-state index contributed by atoms with van der Waals surface area (Å²) in [5.41, 5.74) is 0.997. The molecule has 0 aliphatic heterocycles. The molecule has 116 valence electrons. The van der Waals surface area contributed by atoms with Crippen molar-refractivity contribution < 1.29 is 18.3 Å². The first kappa shape index (κ1) is 16.3. The first-order valence-corrected chi connectivity index (χ1v) is 8.75. The van der Waals surface area contributed by atoms with Gasteiger partial charge in [-0.3, -0.25) is 4.79 Å². The molecule has 0 radical (unpaired) electrons. The van der Waals surface area contributed by atoms with Crippen LogP contribution in [0, 0.1) is 0 Å². The molecule has 0 aliphatic carbocycles.